The first-order chi connectivity index (χ1) is 29.6. The Kier molecular flexibility index (Phi) is 9.55. The monoisotopic (exact) mass is 765 g/mol. The van der Waals surface area contributed by atoms with Gasteiger partial charge < -0.3 is 0 Å². The van der Waals surface area contributed by atoms with E-state index in [0.29, 0.717) is 17.2 Å². The van der Waals surface area contributed by atoms with E-state index in [-0.39, 0.29) is 0 Å². The minimum Gasteiger partial charge on any atom is -0.228 e. The van der Waals surface area contributed by atoms with Gasteiger partial charge in [0.25, 0.3) is 0 Å². The molecule has 10 aromatic rings. The summed E-state index contributed by atoms with van der Waals surface area (Å²) in [4.78, 5) is 19.9. The third-order valence-electron chi connectivity index (χ3n) is 10.8. The Hall–Kier alpha value is -8.33. The first kappa shape index (κ1) is 36.0. The predicted molar refractivity (Wildman–Crippen MR) is 243 cm³/mol. The number of hydrogen-bond acceptors (Lipinski definition) is 5. The smallest absolute Gasteiger partial charge is 0.160 e. The van der Waals surface area contributed by atoms with Crippen molar-refractivity contribution < 1.29 is 0 Å². The average Bonchev–Trinajstić information content (AvgIpc) is 3.34. The summed E-state index contributed by atoms with van der Waals surface area (Å²) in [5.41, 5.74) is 14.1. The van der Waals surface area contributed by atoms with E-state index in [1.165, 1.54) is 0 Å². The second kappa shape index (κ2) is 15.9. The van der Waals surface area contributed by atoms with Crippen LogP contribution < -0.4 is 0 Å². The summed E-state index contributed by atoms with van der Waals surface area (Å²) in [5.74, 6) is 1.36. The Morgan fingerprint density at radius 1 is 0.283 bits per heavy atom. The van der Waals surface area contributed by atoms with Crippen LogP contribution in [0.2, 0.25) is 0 Å². The van der Waals surface area contributed by atoms with Crippen LogP contribution in [0.3, 0.4) is 0 Å². The van der Waals surface area contributed by atoms with E-state index in [2.05, 4.69) is 109 Å². The summed E-state index contributed by atoms with van der Waals surface area (Å²) in [6.45, 7) is 0. The van der Waals surface area contributed by atoms with Crippen molar-refractivity contribution in [3.05, 3.63) is 218 Å². The maximum absolute atomic E-state index is 10.3. The number of benzene rings is 8. The summed E-state index contributed by atoms with van der Waals surface area (Å²) < 4.78 is 0. The van der Waals surface area contributed by atoms with E-state index in [9.17, 15) is 5.26 Å². The zero-order valence-electron chi connectivity index (χ0n) is 32.4. The molecular formula is C55H35N5. The Morgan fingerprint density at radius 3 is 1.08 bits per heavy atom. The fraction of sp³-hybridized carbons (Fsp3) is 0. The first-order valence-electron chi connectivity index (χ1n) is 19.8. The normalized spacial score (nSPS) is 11.0. The SMILES string of the molecule is N#Cc1cc2ccc(-c3ccc(-c4cc(-c5ccccc5)nc(-c5ccccc5)n4)cc3)cc2cc1-c1ccc(-c2cc(-c3ccccc3)nc(-c3ccccc3)n2)cc1. The molecule has 2 aromatic heterocycles. The Bertz CT molecular complexity index is 3050. The molecule has 0 saturated heterocycles. The van der Waals surface area contributed by atoms with Crippen molar-refractivity contribution in [2.24, 2.45) is 0 Å². The summed E-state index contributed by atoms with van der Waals surface area (Å²) in [7, 11) is 0. The molecule has 5 heteroatoms. The van der Waals surface area contributed by atoms with Gasteiger partial charge in [0, 0.05) is 38.9 Å². The fourth-order valence-electron chi connectivity index (χ4n) is 7.60. The van der Waals surface area contributed by atoms with E-state index in [1.54, 1.807) is 0 Å². The lowest BCUT2D eigenvalue weighted by Gasteiger charge is -2.12. The Morgan fingerprint density at radius 2 is 0.650 bits per heavy atom. The maximum atomic E-state index is 10.3. The highest BCUT2D eigenvalue weighted by Crippen LogP contribution is 2.35. The van der Waals surface area contributed by atoms with Crippen LogP contribution in [0.25, 0.3) is 101 Å². The van der Waals surface area contributed by atoms with Gasteiger partial charge in [0.1, 0.15) is 0 Å². The van der Waals surface area contributed by atoms with Crippen LogP contribution >= 0.6 is 0 Å². The third kappa shape index (κ3) is 7.33. The molecule has 5 nitrogen and oxygen atoms in total. The summed E-state index contributed by atoms with van der Waals surface area (Å²) in [6.07, 6.45) is 0. The molecule has 0 unspecified atom stereocenters. The van der Waals surface area contributed by atoms with E-state index in [4.69, 9.17) is 19.9 Å². The largest absolute Gasteiger partial charge is 0.228 e. The van der Waals surface area contributed by atoms with Crippen molar-refractivity contribution >= 4 is 10.8 Å². The molecule has 0 fully saturated rings. The minimum absolute atomic E-state index is 0.627. The van der Waals surface area contributed by atoms with Crippen LogP contribution in [0.5, 0.6) is 0 Å². The number of fused-ring (bicyclic) bond motifs is 1. The molecule has 0 atom stereocenters. The molecule has 0 aliphatic heterocycles. The van der Waals surface area contributed by atoms with E-state index < -0.39 is 0 Å². The molecule has 0 N–H and O–H groups in total. The number of aromatic nitrogens is 4. The standard InChI is InChI=1S/C55H35N5/c56-36-48-32-46-30-29-45(37-21-25-41(26-22-37)52-34-50(39-13-5-1-6-14-39)57-54(59-52)43-17-9-3-10-18-43)31-47(46)33-49(48)38-23-27-42(28-24-38)53-35-51(40-15-7-2-8-16-40)58-55(60-53)44-19-11-4-12-20-44/h1-35H. The molecule has 0 spiro atoms. The quantitative estimate of drug-likeness (QED) is 0.154. The van der Waals surface area contributed by atoms with Crippen molar-refractivity contribution in [3.63, 3.8) is 0 Å². The van der Waals surface area contributed by atoms with Gasteiger partial charge in [-0.3, -0.25) is 0 Å². The summed E-state index contributed by atoms with van der Waals surface area (Å²) in [5, 5.41) is 12.4. The van der Waals surface area contributed by atoms with Gasteiger partial charge >= 0.3 is 0 Å². The molecule has 60 heavy (non-hydrogen) atoms. The van der Waals surface area contributed by atoms with Gasteiger partial charge in [-0.05, 0) is 57.8 Å². The molecule has 0 radical (unpaired) electrons. The lowest BCUT2D eigenvalue weighted by molar-refractivity contribution is 1.18. The van der Waals surface area contributed by atoms with E-state index >= 15 is 0 Å². The van der Waals surface area contributed by atoms with E-state index in [0.717, 1.165) is 89.2 Å². The van der Waals surface area contributed by atoms with Crippen molar-refractivity contribution in [3.8, 4) is 96.1 Å². The zero-order valence-corrected chi connectivity index (χ0v) is 32.4. The van der Waals surface area contributed by atoms with Crippen LogP contribution in [-0.4, -0.2) is 19.9 Å². The minimum atomic E-state index is 0.627. The lowest BCUT2D eigenvalue weighted by atomic mass is 9.93. The molecular weight excluding hydrogens is 731 g/mol. The lowest BCUT2D eigenvalue weighted by Crippen LogP contribution is -1.96. The average molecular weight is 766 g/mol. The van der Waals surface area contributed by atoms with Crippen LogP contribution in [0.1, 0.15) is 5.56 Å². The van der Waals surface area contributed by atoms with Crippen molar-refractivity contribution in [1.29, 1.82) is 5.26 Å². The Balaban J connectivity index is 0.970. The molecule has 0 aliphatic rings. The third-order valence-corrected chi connectivity index (χ3v) is 10.8. The first-order valence-corrected chi connectivity index (χ1v) is 19.8. The van der Waals surface area contributed by atoms with Gasteiger partial charge in [0.2, 0.25) is 0 Å². The summed E-state index contributed by atoms with van der Waals surface area (Å²) in [6, 6.07) is 74.5. The van der Waals surface area contributed by atoms with Gasteiger partial charge in [-0.2, -0.15) is 5.26 Å². The fourth-order valence-corrected chi connectivity index (χ4v) is 7.60. The Labute approximate surface area is 348 Å². The summed E-state index contributed by atoms with van der Waals surface area (Å²) >= 11 is 0. The second-order valence-electron chi connectivity index (χ2n) is 14.6. The predicted octanol–water partition coefficient (Wildman–Crippen LogP) is 13.6. The number of rotatable bonds is 8. The van der Waals surface area contributed by atoms with Crippen LogP contribution in [0.4, 0.5) is 0 Å². The van der Waals surface area contributed by atoms with Crippen LogP contribution in [0.15, 0.2) is 212 Å². The second-order valence-corrected chi connectivity index (χ2v) is 14.6. The molecule has 8 aromatic carbocycles. The van der Waals surface area contributed by atoms with Crippen molar-refractivity contribution in [1.82, 2.24) is 19.9 Å². The highest BCUT2D eigenvalue weighted by atomic mass is 14.9. The molecule has 0 aliphatic carbocycles. The topological polar surface area (TPSA) is 75.3 Å². The molecule has 0 saturated carbocycles. The van der Waals surface area contributed by atoms with Crippen LogP contribution in [-0.2, 0) is 0 Å². The van der Waals surface area contributed by atoms with Gasteiger partial charge in [-0.1, -0.05) is 182 Å². The molecule has 10 rings (SSSR count). The molecule has 0 amide bonds. The van der Waals surface area contributed by atoms with Crippen molar-refractivity contribution in [2.45, 2.75) is 0 Å². The zero-order chi connectivity index (χ0) is 40.3. The number of hydrogen-bond donors (Lipinski definition) is 0. The maximum Gasteiger partial charge on any atom is 0.160 e. The molecule has 0 bridgehead atoms. The van der Waals surface area contributed by atoms with Gasteiger partial charge in [0.05, 0.1) is 34.4 Å². The van der Waals surface area contributed by atoms with E-state index in [1.807, 2.05) is 109 Å². The highest BCUT2D eigenvalue weighted by Gasteiger charge is 2.14. The van der Waals surface area contributed by atoms with Gasteiger partial charge in [-0.15, -0.1) is 0 Å². The highest BCUT2D eigenvalue weighted by molar-refractivity contribution is 5.93. The molecule has 2 heterocycles. The number of nitrogens with zero attached hydrogens (tertiary/aromatic N) is 5. The van der Waals surface area contributed by atoms with Gasteiger partial charge in [-0.25, -0.2) is 19.9 Å². The van der Waals surface area contributed by atoms with Crippen molar-refractivity contribution in [2.75, 3.05) is 0 Å². The number of nitriles is 1. The van der Waals surface area contributed by atoms with Gasteiger partial charge in [0.15, 0.2) is 11.6 Å². The molecule has 280 valence electrons. The van der Waals surface area contributed by atoms with Crippen LogP contribution in [0, 0.1) is 11.3 Å².